The Labute approximate surface area is 118 Å². The van der Waals surface area contributed by atoms with Crippen LogP contribution in [0.15, 0.2) is 54.6 Å². The van der Waals surface area contributed by atoms with E-state index in [1.54, 1.807) is 0 Å². The van der Waals surface area contributed by atoms with E-state index in [1.165, 1.54) is 0 Å². The van der Waals surface area contributed by atoms with Gasteiger partial charge in [0.05, 0.1) is 5.52 Å². The van der Waals surface area contributed by atoms with E-state index in [9.17, 15) is 0 Å². The smallest absolute Gasteiger partial charge is 0.227 e. The molecular weight excluding hydrogens is 248 g/mol. The minimum atomic E-state index is 0.696. The zero-order valence-electron chi connectivity index (χ0n) is 11.5. The molecule has 0 aliphatic heterocycles. The van der Waals surface area contributed by atoms with E-state index in [-0.39, 0.29) is 0 Å². The number of fused-ring (bicyclic) bond motifs is 1. The van der Waals surface area contributed by atoms with E-state index >= 15 is 0 Å². The van der Waals surface area contributed by atoms with Crippen molar-refractivity contribution in [1.29, 1.82) is 0 Å². The highest BCUT2D eigenvalue weighted by molar-refractivity contribution is 5.91. The fourth-order valence-electron chi connectivity index (χ4n) is 2.02. The lowest BCUT2D eigenvalue weighted by Crippen LogP contribution is -2.13. The number of nitrogens with zero attached hydrogens (tertiary/aromatic N) is 3. The Morgan fingerprint density at radius 3 is 2.30 bits per heavy atom. The summed E-state index contributed by atoms with van der Waals surface area (Å²) in [6.07, 6.45) is 0. The Hall–Kier alpha value is -2.62. The van der Waals surface area contributed by atoms with Gasteiger partial charge in [0, 0.05) is 25.2 Å². The van der Waals surface area contributed by atoms with Crippen LogP contribution in [0.3, 0.4) is 0 Å². The number of hydrogen-bond acceptors (Lipinski definition) is 4. The van der Waals surface area contributed by atoms with E-state index in [2.05, 4.69) is 15.3 Å². The van der Waals surface area contributed by atoms with Gasteiger partial charge < -0.3 is 10.2 Å². The fraction of sp³-hybridized carbons (Fsp3) is 0.125. The monoisotopic (exact) mass is 264 g/mol. The van der Waals surface area contributed by atoms with E-state index in [0.717, 1.165) is 22.4 Å². The van der Waals surface area contributed by atoms with Crippen LogP contribution in [0.1, 0.15) is 0 Å². The molecule has 0 spiro atoms. The average molecular weight is 264 g/mol. The number of nitrogens with one attached hydrogen (secondary N) is 1. The maximum atomic E-state index is 4.60. The summed E-state index contributed by atoms with van der Waals surface area (Å²) in [5, 5.41) is 4.38. The first-order chi connectivity index (χ1) is 9.74. The number of para-hydroxylation sites is 2. The van der Waals surface area contributed by atoms with Crippen LogP contribution >= 0.6 is 0 Å². The molecule has 0 radical (unpaired) electrons. The van der Waals surface area contributed by atoms with Gasteiger partial charge in [-0.25, -0.2) is 4.98 Å². The van der Waals surface area contributed by atoms with Crippen molar-refractivity contribution in [3.8, 4) is 0 Å². The van der Waals surface area contributed by atoms with Gasteiger partial charge in [-0.15, -0.1) is 0 Å². The second-order valence-corrected chi connectivity index (χ2v) is 4.77. The Kier molecular flexibility index (Phi) is 3.21. The molecule has 0 saturated heterocycles. The van der Waals surface area contributed by atoms with Gasteiger partial charge in [-0.05, 0) is 24.3 Å². The summed E-state index contributed by atoms with van der Waals surface area (Å²) in [7, 11) is 3.88. The number of anilines is 3. The molecule has 1 heterocycles. The largest absolute Gasteiger partial charge is 0.347 e. The summed E-state index contributed by atoms with van der Waals surface area (Å²) in [6.45, 7) is 0. The summed E-state index contributed by atoms with van der Waals surface area (Å²) in [5.74, 6) is 1.52. The molecule has 0 unspecified atom stereocenters. The maximum Gasteiger partial charge on any atom is 0.227 e. The Morgan fingerprint density at radius 1 is 0.850 bits per heavy atom. The number of hydrogen-bond donors (Lipinski definition) is 1. The molecule has 3 rings (SSSR count). The predicted molar refractivity (Wildman–Crippen MR) is 83.6 cm³/mol. The molecule has 0 aliphatic carbocycles. The SMILES string of the molecule is CN(C)c1nc(Nc2ccccc2)c2ccccc2n1. The average Bonchev–Trinajstić information content (AvgIpc) is 2.48. The highest BCUT2D eigenvalue weighted by Gasteiger charge is 2.08. The van der Waals surface area contributed by atoms with Crippen molar-refractivity contribution in [3.05, 3.63) is 54.6 Å². The molecule has 0 aliphatic rings. The third kappa shape index (κ3) is 2.40. The molecule has 0 fully saturated rings. The van der Waals surface area contributed by atoms with E-state index < -0.39 is 0 Å². The second kappa shape index (κ2) is 5.17. The third-order valence-electron chi connectivity index (χ3n) is 3.03. The predicted octanol–water partition coefficient (Wildman–Crippen LogP) is 3.44. The molecule has 0 atom stereocenters. The fourth-order valence-corrected chi connectivity index (χ4v) is 2.02. The van der Waals surface area contributed by atoms with Crippen LogP contribution in [-0.4, -0.2) is 24.1 Å². The molecule has 1 N–H and O–H groups in total. The van der Waals surface area contributed by atoms with Crippen LogP contribution < -0.4 is 10.2 Å². The van der Waals surface area contributed by atoms with Gasteiger partial charge in [0.1, 0.15) is 5.82 Å². The van der Waals surface area contributed by atoms with Crippen LogP contribution in [0.4, 0.5) is 17.5 Å². The number of aromatic nitrogens is 2. The molecule has 0 saturated carbocycles. The molecule has 4 heteroatoms. The minimum absolute atomic E-state index is 0.696. The Bertz CT molecular complexity index is 723. The second-order valence-electron chi connectivity index (χ2n) is 4.77. The molecule has 0 bridgehead atoms. The van der Waals surface area contributed by atoms with Gasteiger partial charge in [0.2, 0.25) is 5.95 Å². The molecule has 100 valence electrons. The molecule has 4 nitrogen and oxygen atoms in total. The summed E-state index contributed by atoms with van der Waals surface area (Å²) in [6, 6.07) is 18.0. The van der Waals surface area contributed by atoms with Crippen molar-refractivity contribution >= 4 is 28.4 Å². The summed E-state index contributed by atoms with van der Waals surface area (Å²) in [4.78, 5) is 11.1. The van der Waals surface area contributed by atoms with Gasteiger partial charge in [0.25, 0.3) is 0 Å². The highest BCUT2D eigenvalue weighted by Crippen LogP contribution is 2.25. The summed E-state index contributed by atoms with van der Waals surface area (Å²) >= 11 is 0. The number of rotatable bonds is 3. The van der Waals surface area contributed by atoms with Crippen molar-refractivity contribution in [1.82, 2.24) is 9.97 Å². The maximum absolute atomic E-state index is 4.60. The third-order valence-corrected chi connectivity index (χ3v) is 3.03. The van der Waals surface area contributed by atoms with E-state index in [1.807, 2.05) is 73.6 Å². The Balaban J connectivity index is 2.12. The standard InChI is InChI=1S/C16H16N4/c1-20(2)16-18-14-11-7-6-10-13(14)15(19-16)17-12-8-4-3-5-9-12/h3-11H,1-2H3,(H,17,18,19). The summed E-state index contributed by atoms with van der Waals surface area (Å²) in [5.41, 5.74) is 1.95. The van der Waals surface area contributed by atoms with E-state index in [4.69, 9.17) is 0 Å². The molecule has 2 aromatic carbocycles. The normalized spacial score (nSPS) is 10.5. The van der Waals surface area contributed by atoms with Gasteiger partial charge >= 0.3 is 0 Å². The van der Waals surface area contributed by atoms with Gasteiger partial charge in [-0.2, -0.15) is 4.98 Å². The minimum Gasteiger partial charge on any atom is -0.347 e. The van der Waals surface area contributed by atoms with Crippen LogP contribution in [-0.2, 0) is 0 Å². The molecule has 20 heavy (non-hydrogen) atoms. The van der Waals surface area contributed by atoms with Crippen molar-refractivity contribution in [2.75, 3.05) is 24.3 Å². The van der Waals surface area contributed by atoms with Crippen LogP contribution in [0.5, 0.6) is 0 Å². The van der Waals surface area contributed by atoms with Crippen LogP contribution in [0.25, 0.3) is 10.9 Å². The molecule has 0 amide bonds. The Morgan fingerprint density at radius 2 is 1.55 bits per heavy atom. The van der Waals surface area contributed by atoms with Crippen molar-refractivity contribution in [2.24, 2.45) is 0 Å². The van der Waals surface area contributed by atoms with E-state index in [0.29, 0.717) is 5.95 Å². The summed E-state index contributed by atoms with van der Waals surface area (Å²) < 4.78 is 0. The molecular formula is C16H16N4. The lowest BCUT2D eigenvalue weighted by molar-refractivity contribution is 1.02. The first kappa shape index (κ1) is 12.4. The quantitative estimate of drug-likeness (QED) is 0.786. The van der Waals surface area contributed by atoms with Gasteiger partial charge in [0.15, 0.2) is 0 Å². The topological polar surface area (TPSA) is 41.1 Å². The van der Waals surface area contributed by atoms with Crippen molar-refractivity contribution < 1.29 is 0 Å². The molecule has 3 aromatic rings. The molecule has 1 aromatic heterocycles. The van der Waals surface area contributed by atoms with Crippen molar-refractivity contribution in [3.63, 3.8) is 0 Å². The highest BCUT2D eigenvalue weighted by atomic mass is 15.2. The van der Waals surface area contributed by atoms with Crippen molar-refractivity contribution in [2.45, 2.75) is 0 Å². The zero-order valence-corrected chi connectivity index (χ0v) is 11.5. The first-order valence-corrected chi connectivity index (χ1v) is 6.50. The van der Waals surface area contributed by atoms with Gasteiger partial charge in [-0.1, -0.05) is 30.3 Å². The zero-order chi connectivity index (χ0) is 13.9. The lowest BCUT2D eigenvalue weighted by Gasteiger charge is -2.14. The number of benzene rings is 2. The lowest BCUT2D eigenvalue weighted by atomic mass is 10.2. The first-order valence-electron chi connectivity index (χ1n) is 6.50. The van der Waals surface area contributed by atoms with Crippen LogP contribution in [0.2, 0.25) is 0 Å². The van der Waals surface area contributed by atoms with Gasteiger partial charge in [-0.3, -0.25) is 0 Å². The van der Waals surface area contributed by atoms with Crippen LogP contribution in [0, 0.1) is 0 Å².